The van der Waals surface area contributed by atoms with Crippen LogP contribution in [0.4, 0.5) is 0 Å². The van der Waals surface area contributed by atoms with Gasteiger partial charge in [0.15, 0.2) is 0 Å². The molecular weight excluding hydrogens is 400 g/mol. The largest absolute Gasteiger partial charge is 0.455 e. The summed E-state index contributed by atoms with van der Waals surface area (Å²) in [6.07, 6.45) is 0. The van der Waals surface area contributed by atoms with E-state index in [1.54, 1.807) is 0 Å². The van der Waals surface area contributed by atoms with E-state index >= 15 is 0 Å². The van der Waals surface area contributed by atoms with E-state index in [2.05, 4.69) is 104 Å². The zero-order chi connectivity index (χ0) is 21.7. The second-order valence-electron chi connectivity index (χ2n) is 9.35. The minimum atomic E-state index is -0.321. The second kappa shape index (κ2) is 5.82. The van der Waals surface area contributed by atoms with E-state index in [9.17, 15) is 0 Å². The Morgan fingerprint density at radius 2 is 1.21 bits per heavy atom. The monoisotopic (exact) mass is 420 g/mol. The third-order valence-corrected chi connectivity index (χ3v) is 7.75. The van der Waals surface area contributed by atoms with Crippen LogP contribution in [0.1, 0.15) is 27.8 Å². The molecule has 6 aromatic rings. The highest BCUT2D eigenvalue weighted by Crippen LogP contribution is 2.64. The summed E-state index contributed by atoms with van der Waals surface area (Å²) < 4.78 is 6.55. The average Bonchev–Trinajstić information content (AvgIpc) is 3.47. The summed E-state index contributed by atoms with van der Waals surface area (Å²) in [7, 11) is 0. The lowest BCUT2D eigenvalue weighted by Gasteiger charge is -2.30. The molecule has 0 saturated heterocycles. The summed E-state index contributed by atoms with van der Waals surface area (Å²) in [5.74, 6) is 0. The molecule has 1 nitrogen and oxygen atoms in total. The Labute approximate surface area is 191 Å². The van der Waals surface area contributed by atoms with Crippen LogP contribution < -0.4 is 0 Å². The summed E-state index contributed by atoms with van der Waals surface area (Å²) in [5.41, 5.74) is 13.5. The molecule has 1 unspecified atom stereocenters. The zero-order valence-electron chi connectivity index (χ0n) is 18.2. The molecule has 33 heavy (non-hydrogen) atoms. The fourth-order valence-corrected chi connectivity index (χ4v) is 6.52. The van der Waals surface area contributed by atoms with Gasteiger partial charge in [0.2, 0.25) is 0 Å². The predicted molar refractivity (Wildman–Crippen MR) is 135 cm³/mol. The van der Waals surface area contributed by atoms with E-state index in [1.165, 1.54) is 60.8 Å². The zero-order valence-corrected chi connectivity index (χ0v) is 18.2. The van der Waals surface area contributed by atoms with E-state index < -0.39 is 0 Å². The van der Waals surface area contributed by atoms with Crippen molar-refractivity contribution in [1.29, 1.82) is 0 Å². The summed E-state index contributed by atoms with van der Waals surface area (Å²) in [4.78, 5) is 0. The Morgan fingerprint density at radius 3 is 2.09 bits per heavy atom. The first-order chi connectivity index (χ1) is 16.3. The van der Waals surface area contributed by atoms with Crippen molar-refractivity contribution in [1.82, 2.24) is 0 Å². The van der Waals surface area contributed by atoms with Gasteiger partial charge in [0, 0.05) is 16.3 Å². The number of fused-ring (bicyclic) bond motifs is 14. The van der Waals surface area contributed by atoms with Crippen molar-refractivity contribution in [2.45, 2.75) is 12.3 Å². The smallest absolute Gasteiger partial charge is 0.143 e. The predicted octanol–water partition coefficient (Wildman–Crippen LogP) is 8.24. The van der Waals surface area contributed by atoms with Crippen molar-refractivity contribution in [3.8, 4) is 22.3 Å². The maximum Gasteiger partial charge on any atom is 0.143 e. The molecular formula is C32H20O. The molecule has 0 aliphatic heterocycles. The second-order valence-corrected chi connectivity index (χ2v) is 9.35. The third kappa shape index (κ3) is 1.91. The van der Waals surface area contributed by atoms with Gasteiger partial charge in [-0.15, -0.1) is 0 Å². The lowest BCUT2D eigenvalue weighted by molar-refractivity contribution is 0.669. The molecule has 0 radical (unpaired) electrons. The normalized spacial score (nSPS) is 17.4. The molecule has 1 aromatic heterocycles. The quantitative estimate of drug-likeness (QED) is 0.241. The van der Waals surface area contributed by atoms with Crippen molar-refractivity contribution >= 4 is 21.9 Å². The lowest BCUT2D eigenvalue weighted by Crippen LogP contribution is -2.25. The Balaban J connectivity index is 1.61. The van der Waals surface area contributed by atoms with Crippen LogP contribution in [0.2, 0.25) is 0 Å². The van der Waals surface area contributed by atoms with Gasteiger partial charge >= 0.3 is 0 Å². The van der Waals surface area contributed by atoms with Crippen LogP contribution in [0.15, 0.2) is 108 Å². The van der Waals surface area contributed by atoms with E-state index in [4.69, 9.17) is 4.42 Å². The Bertz CT molecular complexity index is 1780. The molecule has 0 saturated carbocycles. The van der Waals surface area contributed by atoms with Gasteiger partial charge in [0.25, 0.3) is 0 Å². The van der Waals surface area contributed by atoms with Gasteiger partial charge in [-0.3, -0.25) is 0 Å². The van der Waals surface area contributed by atoms with E-state index in [-0.39, 0.29) is 5.41 Å². The minimum Gasteiger partial charge on any atom is -0.455 e. The molecule has 2 aliphatic rings. The number of hydrogen-bond donors (Lipinski definition) is 0. The number of aryl methyl sites for hydroxylation is 1. The maximum atomic E-state index is 6.55. The van der Waals surface area contributed by atoms with Crippen LogP contribution in [0.25, 0.3) is 44.2 Å². The molecule has 1 atom stereocenters. The van der Waals surface area contributed by atoms with Gasteiger partial charge in [0.05, 0.1) is 5.41 Å². The third-order valence-electron chi connectivity index (χ3n) is 7.75. The van der Waals surface area contributed by atoms with E-state index in [0.29, 0.717) is 0 Å². The van der Waals surface area contributed by atoms with Crippen LogP contribution in [0.3, 0.4) is 0 Å². The molecule has 1 spiro atoms. The van der Waals surface area contributed by atoms with Gasteiger partial charge in [-0.25, -0.2) is 0 Å². The molecule has 0 fully saturated rings. The fraction of sp³-hybridized carbons (Fsp3) is 0.0625. The number of hydrogen-bond acceptors (Lipinski definition) is 1. The standard InChI is InChI=1S/C32H20O/c1-19-14-16-27-24(18-19)20-8-2-5-11-25(20)32(27)26-12-6-3-10-23(26)30-28(32)17-15-22-21-9-4-7-13-29(21)33-31(22)30/h2-18H,1H3. The SMILES string of the molecule is Cc1ccc2c(c1)-c1ccccc1C21c2ccccc2-c2c1ccc1c2oc2ccccc21. The number of para-hydroxylation sites is 1. The first kappa shape index (κ1) is 17.5. The number of rotatable bonds is 0. The average molecular weight is 421 g/mol. The van der Waals surface area contributed by atoms with Crippen molar-refractivity contribution in [2.75, 3.05) is 0 Å². The molecule has 5 aromatic carbocycles. The molecule has 154 valence electrons. The highest BCUT2D eigenvalue weighted by Gasteiger charge is 2.52. The summed E-state index contributed by atoms with van der Waals surface area (Å²) in [5, 5.41) is 2.36. The Morgan fingerprint density at radius 1 is 0.545 bits per heavy atom. The van der Waals surface area contributed by atoms with Crippen molar-refractivity contribution in [2.24, 2.45) is 0 Å². The highest BCUT2D eigenvalue weighted by atomic mass is 16.3. The van der Waals surface area contributed by atoms with Gasteiger partial charge in [-0.1, -0.05) is 103 Å². The van der Waals surface area contributed by atoms with Gasteiger partial charge in [0.1, 0.15) is 11.2 Å². The van der Waals surface area contributed by atoms with Gasteiger partial charge < -0.3 is 4.42 Å². The number of benzene rings is 5. The summed E-state index contributed by atoms with van der Waals surface area (Å²) >= 11 is 0. The molecule has 8 rings (SSSR count). The van der Waals surface area contributed by atoms with Crippen molar-refractivity contribution < 1.29 is 4.42 Å². The lowest BCUT2D eigenvalue weighted by atomic mass is 9.70. The first-order valence-electron chi connectivity index (χ1n) is 11.5. The van der Waals surface area contributed by atoms with Gasteiger partial charge in [-0.2, -0.15) is 0 Å². The van der Waals surface area contributed by atoms with Crippen LogP contribution >= 0.6 is 0 Å². The molecule has 0 amide bonds. The first-order valence-corrected chi connectivity index (χ1v) is 11.5. The van der Waals surface area contributed by atoms with Crippen LogP contribution in [-0.2, 0) is 5.41 Å². The van der Waals surface area contributed by atoms with Crippen LogP contribution in [0, 0.1) is 6.92 Å². The molecule has 1 heterocycles. The fourth-order valence-electron chi connectivity index (χ4n) is 6.52. The topological polar surface area (TPSA) is 13.1 Å². The molecule has 0 N–H and O–H groups in total. The van der Waals surface area contributed by atoms with E-state index in [1.807, 2.05) is 6.07 Å². The maximum absolute atomic E-state index is 6.55. The van der Waals surface area contributed by atoms with Crippen LogP contribution in [0.5, 0.6) is 0 Å². The Hall–Kier alpha value is -4.10. The summed E-state index contributed by atoms with van der Waals surface area (Å²) in [6.45, 7) is 2.18. The van der Waals surface area contributed by atoms with Crippen LogP contribution in [-0.4, -0.2) is 0 Å². The Kier molecular flexibility index (Phi) is 3.08. The number of furan rings is 1. The molecule has 2 aliphatic carbocycles. The minimum absolute atomic E-state index is 0.321. The molecule has 0 bridgehead atoms. The van der Waals surface area contributed by atoms with Gasteiger partial charge in [-0.05, 0) is 51.9 Å². The van der Waals surface area contributed by atoms with Crippen molar-refractivity contribution in [3.05, 3.63) is 131 Å². The molecule has 1 heteroatoms. The van der Waals surface area contributed by atoms with E-state index in [0.717, 1.165) is 11.2 Å². The summed E-state index contributed by atoms with van der Waals surface area (Å²) in [6, 6.07) is 37.8. The van der Waals surface area contributed by atoms with Crippen molar-refractivity contribution in [3.63, 3.8) is 0 Å². The highest BCUT2D eigenvalue weighted by molar-refractivity contribution is 6.13.